The first kappa shape index (κ1) is 10.7. The van der Waals surface area contributed by atoms with Crippen LogP contribution in [0.2, 0.25) is 0 Å². The molecule has 2 atom stereocenters. The van der Waals surface area contributed by atoms with Crippen LogP contribution in [-0.4, -0.2) is 24.3 Å². The molecule has 0 spiro atoms. The lowest BCUT2D eigenvalue weighted by Crippen LogP contribution is -2.34. The Labute approximate surface area is 81.0 Å². The van der Waals surface area contributed by atoms with Gasteiger partial charge in [-0.2, -0.15) is 0 Å². The van der Waals surface area contributed by atoms with Crippen molar-refractivity contribution < 1.29 is 5.11 Å². The molecule has 0 aliphatic heterocycles. The lowest BCUT2D eigenvalue weighted by Gasteiger charge is -2.18. The average Bonchev–Trinajstić information content (AvgIpc) is 2.60. The minimum absolute atomic E-state index is 0.346. The number of aliphatic hydroxyl groups excluding tert-OH is 1. The zero-order valence-corrected chi connectivity index (χ0v) is 8.34. The van der Waals surface area contributed by atoms with Crippen molar-refractivity contribution in [1.29, 1.82) is 0 Å². The first-order chi connectivity index (χ1) is 6.38. The van der Waals surface area contributed by atoms with Gasteiger partial charge in [-0.3, -0.25) is 0 Å². The van der Waals surface area contributed by atoms with Crippen molar-refractivity contribution in [3.8, 4) is 0 Å². The maximum Gasteiger partial charge on any atom is 0.0474 e. The molecule has 1 rings (SSSR count). The SMILES string of the molecule is C=CCCCNC1CCCC1CO. The molecular formula is C11H21NO. The number of aliphatic hydroxyl groups is 1. The Morgan fingerprint density at radius 1 is 1.46 bits per heavy atom. The van der Waals surface area contributed by atoms with Crippen LogP contribution in [0.15, 0.2) is 12.7 Å². The van der Waals surface area contributed by atoms with E-state index in [0.717, 1.165) is 19.4 Å². The molecule has 0 saturated heterocycles. The first-order valence-electron chi connectivity index (χ1n) is 5.33. The summed E-state index contributed by atoms with van der Waals surface area (Å²) in [5.74, 6) is 0.503. The van der Waals surface area contributed by atoms with Crippen LogP contribution in [0.25, 0.3) is 0 Å². The van der Waals surface area contributed by atoms with Crippen molar-refractivity contribution >= 4 is 0 Å². The summed E-state index contributed by atoms with van der Waals surface area (Å²) in [6.45, 7) is 5.10. The van der Waals surface area contributed by atoms with E-state index in [-0.39, 0.29) is 0 Å². The summed E-state index contributed by atoms with van der Waals surface area (Å²) in [5, 5.41) is 12.6. The quantitative estimate of drug-likeness (QED) is 0.485. The highest BCUT2D eigenvalue weighted by Crippen LogP contribution is 2.24. The van der Waals surface area contributed by atoms with Crippen molar-refractivity contribution in [1.82, 2.24) is 5.32 Å². The van der Waals surface area contributed by atoms with E-state index >= 15 is 0 Å². The Morgan fingerprint density at radius 2 is 2.31 bits per heavy atom. The molecule has 2 heteroatoms. The lowest BCUT2D eigenvalue weighted by atomic mass is 10.1. The number of rotatable bonds is 6. The normalized spacial score (nSPS) is 27.8. The minimum atomic E-state index is 0.346. The van der Waals surface area contributed by atoms with Gasteiger partial charge in [0.1, 0.15) is 0 Å². The van der Waals surface area contributed by atoms with Gasteiger partial charge in [0.2, 0.25) is 0 Å². The van der Waals surface area contributed by atoms with E-state index in [1.807, 2.05) is 6.08 Å². The van der Waals surface area contributed by atoms with E-state index in [9.17, 15) is 0 Å². The van der Waals surface area contributed by atoms with E-state index in [4.69, 9.17) is 5.11 Å². The molecule has 1 fully saturated rings. The van der Waals surface area contributed by atoms with Gasteiger partial charge in [0.05, 0.1) is 0 Å². The fraction of sp³-hybridized carbons (Fsp3) is 0.818. The Bertz CT molecular complexity index is 147. The van der Waals surface area contributed by atoms with E-state index in [2.05, 4.69) is 11.9 Å². The van der Waals surface area contributed by atoms with Crippen LogP contribution in [0.4, 0.5) is 0 Å². The van der Waals surface area contributed by atoms with Crippen molar-refractivity contribution in [2.75, 3.05) is 13.2 Å². The maximum atomic E-state index is 9.08. The molecule has 0 heterocycles. The van der Waals surface area contributed by atoms with Crippen LogP contribution in [-0.2, 0) is 0 Å². The molecule has 1 saturated carbocycles. The van der Waals surface area contributed by atoms with Crippen LogP contribution in [0.1, 0.15) is 32.1 Å². The molecule has 2 unspecified atom stereocenters. The van der Waals surface area contributed by atoms with Crippen LogP contribution in [0.3, 0.4) is 0 Å². The zero-order chi connectivity index (χ0) is 9.52. The van der Waals surface area contributed by atoms with Gasteiger partial charge in [0.25, 0.3) is 0 Å². The predicted octanol–water partition coefficient (Wildman–Crippen LogP) is 1.70. The van der Waals surface area contributed by atoms with Gasteiger partial charge in [-0.15, -0.1) is 6.58 Å². The summed E-state index contributed by atoms with van der Waals surface area (Å²) in [6, 6.07) is 0.565. The highest BCUT2D eigenvalue weighted by molar-refractivity contribution is 4.82. The molecule has 2 nitrogen and oxygen atoms in total. The van der Waals surface area contributed by atoms with Gasteiger partial charge < -0.3 is 10.4 Å². The zero-order valence-electron chi connectivity index (χ0n) is 8.34. The highest BCUT2D eigenvalue weighted by atomic mass is 16.3. The molecule has 0 aromatic rings. The molecular weight excluding hydrogens is 162 g/mol. The van der Waals surface area contributed by atoms with E-state index in [0.29, 0.717) is 18.6 Å². The number of hydrogen-bond donors (Lipinski definition) is 2. The molecule has 0 aromatic carbocycles. The third kappa shape index (κ3) is 3.49. The molecule has 13 heavy (non-hydrogen) atoms. The standard InChI is InChI=1S/C11H21NO/c1-2-3-4-8-12-11-7-5-6-10(11)9-13/h2,10-13H,1,3-9H2. The molecule has 76 valence electrons. The number of hydrogen-bond acceptors (Lipinski definition) is 2. The third-order valence-electron chi connectivity index (χ3n) is 2.89. The first-order valence-corrected chi connectivity index (χ1v) is 5.33. The third-order valence-corrected chi connectivity index (χ3v) is 2.89. The second kappa shape index (κ2) is 6.17. The fourth-order valence-corrected chi connectivity index (χ4v) is 2.06. The molecule has 0 amide bonds. The van der Waals surface area contributed by atoms with Gasteiger partial charge in [-0.05, 0) is 38.1 Å². The summed E-state index contributed by atoms with van der Waals surface area (Å²) < 4.78 is 0. The molecule has 1 aliphatic rings. The fourth-order valence-electron chi connectivity index (χ4n) is 2.06. The van der Waals surface area contributed by atoms with Crippen molar-refractivity contribution in [3.05, 3.63) is 12.7 Å². The second-order valence-electron chi connectivity index (χ2n) is 3.87. The van der Waals surface area contributed by atoms with E-state index in [1.165, 1.54) is 19.3 Å². The van der Waals surface area contributed by atoms with Crippen LogP contribution in [0.5, 0.6) is 0 Å². The van der Waals surface area contributed by atoms with Gasteiger partial charge in [-0.25, -0.2) is 0 Å². The topological polar surface area (TPSA) is 32.3 Å². The maximum absolute atomic E-state index is 9.08. The average molecular weight is 183 g/mol. The summed E-state index contributed by atoms with van der Waals surface area (Å²) in [6.07, 6.45) is 7.90. The summed E-state index contributed by atoms with van der Waals surface area (Å²) >= 11 is 0. The molecule has 0 radical (unpaired) electrons. The van der Waals surface area contributed by atoms with Gasteiger partial charge in [-0.1, -0.05) is 12.5 Å². The smallest absolute Gasteiger partial charge is 0.0474 e. The van der Waals surface area contributed by atoms with E-state index < -0.39 is 0 Å². The van der Waals surface area contributed by atoms with Crippen LogP contribution >= 0.6 is 0 Å². The summed E-state index contributed by atoms with van der Waals surface area (Å²) in [5.41, 5.74) is 0. The Hall–Kier alpha value is -0.340. The van der Waals surface area contributed by atoms with Crippen molar-refractivity contribution in [3.63, 3.8) is 0 Å². The summed E-state index contributed by atoms with van der Waals surface area (Å²) in [4.78, 5) is 0. The minimum Gasteiger partial charge on any atom is -0.396 e. The van der Waals surface area contributed by atoms with E-state index in [1.54, 1.807) is 0 Å². The number of nitrogens with one attached hydrogen (secondary N) is 1. The molecule has 0 aromatic heterocycles. The largest absolute Gasteiger partial charge is 0.396 e. The molecule has 0 bridgehead atoms. The number of unbranched alkanes of at least 4 members (excludes halogenated alkanes) is 1. The molecule has 1 aliphatic carbocycles. The second-order valence-corrected chi connectivity index (χ2v) is 3.87. The highest BCUT2D eigenvalue weighted by Gasteiger charge is 2.25. The Morgan fingerprint density at radius 3 is 3.00 bits per heavy atom. The Kier molecular flexibility index (Phi) is 5.09. The van der Waals surface area contributed by atoms with Crippen LogP contribution < -0.4 is 5.32 Å². The Balaban J connectivity index is 2.09. The van der Waals surface area contributed by atoms with Gasteiger partial charge in [0, 0.05) is 12.6 Å². The lowest BCUT2D eigenvalue weighted by molar-refractivity contribution is 0.205. The van der Waals surface area contributed by atoms with Gasteiger partial charge in [0.15, 0.2) is 0 Å². The molecule has 2 N–H and O–H groups in total. The van der Waals surface area contributed by atoms with Crippen LogP contribution in [0, 0.1) is 5.92 Å². The number of allylic oxidation sites excluding steroid dienone is 1. The van der Waals surface area contributed by atoms with Crippen molar-refractivity contribution in [2.45, 2.75) is 38.1 Å². The summed E-state index contributed by atoms with van der Waals surface area (Å²) in [7, 11) is 0. The predicted molar refractivity (Wildman–Crippen MR) is 55.6 cm³/mol. The monoisotopic (exact) mass is 183 g/mol. The van der Waals surface area contributed by atoms with Gasteiger partial charge >= 0.3 is 0 Å². The van der Waals surface area contributed by atoms with Crippen molar-refractivity contribution in [2.24, 2.45) is 5.92 Å².